The molecule has 0 aliphatic rings. The molecule has 0 amide bonds. The molecule has 0 saturated carbocycles. The monoisotopic (exact) mass is 242 g/mol. The number of alkyl halides is 3. The van der Waals surface area contributed by atoms with Gasteiger partial charge in [-0.1, -0.05) is 0 Å². The van der Waals surface area contributed by atoms with Crippen LogP contribution in [-0.4, -0.2) is 10.1 Å². The quantitative estimate of drug-likeness (QED) is 0.780. The number of fused-ring (bicyclic) bond motifs is 1. The van der Waals surface area contributed by atoms with Gasteiger partial charge >= 0.3 is 6.18 Å². The van der Waals surface area contributed by atoms with Crippen LogP contribution < -0.4 is 0 Å². The number of phenols is 1. The van der Waals surface area contributed by atoms with Crippen LogP contribution in [-0.2, 0) is 6.18 Å². The van der Waals surface area contributed by atoms with Crippen LogP contribution in [0.4, 0.5) is 18.9 Å². The molecule has 1 aromatic heterocycles. The second kappa shape index (κ2) is 3.69. The van der Waals surface area contributed by atoms with E-state index < -0.39 is 28.7 Å². The maximum Gasteiger partial charge on any atom is 0.418 e. The van der Waals surface area contributed by atoms with Crippen LogP contribution in [0.2, 0.25) is 0 Å². The molecule has 1 aromatic carbocycles. The first-order chi connectivity index (χ1) is 7.95. The van der Waals surface area contributed by atoms with Gasteiger partial charge in [0.1, 0.15) is 5.75 Å². The maximum atomic E-state index is 12.7. The Kier molecular flexibility index (Phi) is 2.45. The third-order valence-corrected chi connectivity index (χ3v) is 2.24. The van der Waals surface area contributed by atoms with Gasteiger partial charge in [0, 0.05) is 11.6 Å². The molecule has 0 fully saturated rings. The maximum absolute atomic E-state index is 12.7. The first-order valence-corrected chi connectivity index (χ1v) is 4.46. The highest BCUT2D eigenvalue weighted by Crippen LogP contribution is 2.42. The number of hydrogen-bond acceptors (Lipinski definition) is 4. The molecule has 4 nitrogen and oxygen atoms in total. The number of pyridine rings is 1. The van der Waals surface area contributed by atoms with Crippen LogP contribution in [0.15, 0.2) is 29.6 Å². The fourth-order valence-electron chi connectivity index (χ4n) is 1.53. The van der Waals surface area contributed by atoms with Crippen LogP contribution >= 0.6 is 0 Å². The van der Waals surface area contributed by atoms with Crippen molar-refractivity contribution in [3.05, 3.63) is 34.9 Å². The minimum atomic E-state index is -4.66. The van der Waals surface area contributed by atoms with E-state index in [1.54, 1.807) is 0 Å². The van der Waals surface area contributed by atoms with Crippen LogP contribution in [0, 0.1) is 4.91 Å². The van der Waals surface area contributed by atoms with Crippen LogP contribution in [0.5, 0.6) is 5.75 Å². The minimum absolute atomic E-state index is 0.130. The predicted octanol–water partition coefficient (Wildman–Crippen LogP) is 3.36. The molecule has 7 heteroatoms. The summed E-state index contributed by atoms with van der Waals surface area (Å²) in [5.74, 6) is -0.812. The molecule has 0 spiro atoms. The van der Waals surface area contributed by atoms with E-state index in [1.807, 2.05) is 0 Å². The van der Waals surface area contributed by atoms with E-state index in [9.17, 15) is 23.2 Å². The lowest BCUT2D eigenvalue weighted by atomic mass is 10.1. The Labute approximate surface area is 92.7 Å². The van der Waals surface area contributed by atoms with Crippen LogP contribution in [0.3, 0.4) is 0 Å². The highest BCUT2D eigenvalue weighted by molar-refractivity contribution is 5.95. The Balaban J connectivity index is 2.94. The number of hydrogen-bond donors (Lipinski definition) is 1. The number of halogens is 3. The molecule has 2 aromatic rings. The Hall–Kier alpha value is -2.18. The molecule has 0 unspecified atom stereocenters. The molecular weight excluding hydrogens is 237 g/mol. The summed E-state index contributed by atoms with van der Waals surface area (Å²) in [6, 6.07) is 3.05. The Morgan fingerprint density at radius 2 is 2.06 bits per heavy atom. The SMILES string of the molecule is O=Nc1c(O)cc(C(F)(F)F)c2ncccc12. The van der Waals surface area contributed by atoms with Gasteiger partial charge in [0.15, 0.2) is 5.69 Å². The average molecular weight is 242 g/mol. The molecule has 0 radical (unpaired) electrons. The third-order valence-electron chi connectivity index (χ3n) is 2.24. The smallest absolute Gasteiger partial charge is 0.418 e. The summed E-state index contributed by atoms with van der Waals surface area (Å²) in [6.45, 7) is 0. The fraction of sp³-hybridized carbons (Fsp3) is 0.100. The summed E-state index contributed by atoms with van der Waals surface area (Å²) in [4.78, 5) is 14.1. The van der Waals surface area contributed by atoms with Gasteiger partial charge in [-0.25, -0.2) is 0 Å². The molecule has 0 saturated heterocycles. The van der Waals surface area contributed by atoms with Crippen molar-refractivity contribution in [3.63, 3.8) is 0 Å². The standard InChI is InChI=1S/C10H5F3N2O2/c11-10(12,13)6-4-7(16)9(15-17)5-2-1-3-14-8(5)6/h1-4,16H. The fourth-order valence-corrected chi connectivity index (χ4v) is 1.53. The summed E-state index contributed by atoms with van der Waals surface area (Å²) < 4.78 is 38.0. The summed E-state index contributed by atoms with van der Waals surface area (Å²) in [5, 5.41) is 11.7. The molecule has 0 atom stereocenters. The van der Waals surface area contributed by atoms with Crippen molar-refractivity contribution >= 4 is 16.6 Å². The number of phenolic OH excluding ortho intramolecular Hbond substituents is 1. The second-order valence-corrected chi connectivity index (χ2v) is 3.28. The van der Waals surface area contributed by atoms with E-state index in [0.717, 1.165) is 0 Å². The van der Waals surface area contributed by atoms with Crippen molar-refractivity contribution in [2.24, 2.45) is 5.18 Å². The lowest BCUT2D eigenvalue weighted by molar-refractivity contribution is -0.136. The van der Waals surface area contributed by atoms with Gasteiger partial charge < -0.3 is 5.11 Å². The molecule has 2 rings (SSSR count). The first kappa shape index (κ1) is 11.3. The van der Waals surface area contributed by atoms with Gasteiger partial charge in [-0.2, -0.15) is 13.2 Å². The normalized spacial score (nSPS) is 11.7. The summed E-state index contributed by atoms with van der Waals surface area (Å²) in [6.07, 6.45) is -3.49. The van der Waals surface area contributed by atoms with E-state index in [-0.39, 0.29) is 5.39 Å². The zero-order valence-electron chi connectivity index (χ0n) is 8.19. The number of aromatic nitrogens is 1. The highest BCUT2D eigenvalue weighted by Gasteiger charge is 2.35. The van der Waals surface area contributed by atoms with Gasteiger partial charge in [-0.15, -0.1) is 4.91 Å². The zero-order chi connectivity index (χ0) is 12.6. The number of aromatic hydroxyl groups is 1. The van der Waals surface area contributed by atoms with Crippen molar-refractivity contribution in [2.75, 3.05) is 0 Å². The Bertz CT molecular complexity index is 596. The lowest BCUT2D eigenvalue weighted by Gasteiger charge is -2.11. The number of nitroso groups, excluding NO2 is 1. The van der Waals surface area contributed by atoms with E-state index in [0.29, 0.717) is 6.07 Å². The predicted molar refractivity (Wildman–Crippen MR) is 53.9 cm³/mol. The lowest BCUT2D eigenvalue weighted by Crippen LogP contribution is -2.06. The van der Waals surface area contributed by atoms with Gasteiger partial charge in [0.2, 0.25) is 0 Å². The summed E-state index contributed by atoms with van der Waals surface area (Å²) >= 11 is 0. The molecular formula is C10H5F3N2O2. The second-order valence-electron chi connectivity index (χ2n) is 3.28. The largest absolute Gasteiger partial charge is 0.506 e. The zero-order valence-corrected chi connectivity index (χ0v) is 8.19. The van der Waals surface area contributed by atoms with Gasteiger partial charge in [0.05, 0.1) is 11.1 Å². The van der Waals surface area contributed by atoms with Gasteiger partial charge in [-0.3, -0.25) is 4.98 Å². The number of nitrogens with zero attached hydrogens (tertiary/aromatic N) is 2. The van der Waals surface area contributed by atoms with Crippen molar-refractivity contribution in [2.45, 2.75) is 6.18 Å². The van der Waals surface area contributed by atoms with E-state index in [4.69, 9.17) is 0 Å². The van der Waals surface area contributed by atoms with Crippen LogP contribution in [0.25, 0.3) is 10.9 Å². The Morgan fingerprint density at radius 1 is 1.35 bits per heavy atom. The minimum Gasteiger partial charge on any atom is -0.506 e. The molecule has 17 heavy (non-hydrogen) atoms. The Morgan fingerprint density at radius 3 is 2.65 bits per heavy atom. The highest BCUT2D eigenvalue weighted by atomic mass is 19.4. The topological polar surface area (TPSA) is 62.5 Å². The molecule has 0 aliphatic carbocycles. The average Bonchev–Trinajstić information content (AvgIpc) is 2.27. The molecule has 1 heterocycles. The molecule has 88 valence electrons. The van der Waals surface area contributed by atoms with Gasteiger partial charge in [0.25, 0.3) is 0 Å². The third kappa shape index (κ3) is 1.79. The molecule has 0 aliphatic heterocycles. The van der Waals surface area contributed by atoms with Gasteiger partial charge in [-0.05, 0) is 23.4 Å². The van der Waals surface area contributed by atoms with Crippen molar-refractivity contribution < 1.29 is 18.3 Å². The van der Waals surface area contributed by atoms with E-state index >= 15 is 0 Å². The van der Waals surface area contributed by atoms with Crippen molar-refractivity contribution in [1.29, 1.82) is 0 Å². The van der Waals surface area contributed by atoms with Crippen molar-refractivity contribution in [1.82, 2.24) is 4.98 Å². The van der Waals surface area contributed by atoms with Crippen LogP contribution in [0.1, 0.15) is 5.56 Å². The van der Waals surface area contributed by atoms with Crippen molar-refractivity contribution in [3.8, 4) is 5.75 Å². The molecule has 1 N–H and O–H groups in total. The van der Waals surface area contributed by atoms with E-state index in [2.05, 4.69) is 10.2 Å². The van der Waals surface area contributed by atoms with E-state index in [1.165, 1.54) is 18.3 Å². The summed E-state index contributed by atoms with van der Waals surface area (Å²) in [7, 11) is 0. The summed E-state index contributed by atoms with van der Waals surface area (Å²) in [5.41, 5.74) is -1.95. The molecule has 0 bridgehead atoms. The first-order valence-electron chi connectivity index (χ1n) is 4.46. The number of benzene rings is 1. The number of rotatable bonds is 1.